The van der Waals surface area contributed by atoms with Crippen LogP contribution >= 0.6 is 0 Å². The van der Waals surface area contributed by atoms with Gasteiger partial charge >= 0.3 is 0 Å². The van der Waals surface area contributed by atoms with Gasteiger partial charge in [-0.15, -0.1) is 0 Å². The van der Waals surface area contributed by atoms with Gasteiger partial charge in [-0.25, -0.2) is 0 Å². The van der Waals surface area contributed by atoms with Crippen LogP contribution in [0.5, 0.6) is 0 Å². The van der Waals surface area contributed by atoms with Crippen molar-refractivity contribution in [2.45, 2.75) is 64.4 Å². The Hall–Kier alpha value is -1.08. The summed E-state index contributed by atoms with van der Waals surface area (Å²) in [6, 6.07) is 2.25. The van der Waals surface area contributed by atoms with Crippen LogP contribution in [-0.2, 0) is 4.79 Å². The predicted molar refractivity (Wildman–Crippen MR) is 69.7 cm³/mol. The Morgan fingerprint density at radius 1 is 1.39 bits per heavy atom. The third-order valence-corrected chi connectivity index (χ3v) is 3.69. The quantitative estimate of drug-likeness (QED) is 0.581. The van der Waals surface area contributed by atoms with E-state index in [2.05, 4.69) is 11.4 Å². The van der Waals surface area contributed by atoms with Crippen molar-refractivity contribution in [3.05, 3.63) is 0 Å². The number of carbonyl (C=O) groups is 1. The van der Waals surface area contributed by atoms with Crippen LogP contribution in [0.25, 0.3) is 0 Å². The number of rotatable bonds is 5. The van der Waals surface area contributed by atoms with Crippen LogP contribution in [0.15, 0.2) is 0 Å². The van der Waals surface area contributed by atoms with Crippen molar-refractivity contribution in [2.75, 3.05) is 6.54 Å². The smallest absolute Gasteiger partial charge is 0.240 e. The Kier molecular flexibility index (Phi) is 6.14. The molecule has 1 unspecified atom stereocenters. The number of aliphatic hydroxyl groups is 1. The molecule has 102 valence electrons. The Morgan fingerprint density at radius 2 is 2.00 bits per heavy atom. The van der Waals surface area contributed by atoms with E-state index in [1.165, 1.54) is 0 Å². The van der Waals surface area contributed by atoms with Crippen LogP contribution < -0.4 is 5.32 Å². The van der Waals surface area contributed by atoms with Gasteiger partial charge in [-0.1, -0.05) is 25.7 Å². The summed E-state index contributed by atoms with van der Waals surface area (Å²) in [5.41, 5.74) is -0.804. The zero-order chi connectivity index (χ0) is 13.4. The molecule has 0 saturated heterocycles. The van der Waals surface area contributed by atoms with Crippen molar-refractivity contribution in [1.29, 1.82) is 5.26 Å². The number of hydrogen-bond acceptors (Lipinski definition) is 3. The zero-order valence-electron chi connectivity index (χ0n) is 11.2. The molecule has 0 radical (unpaired) electrons. The second kappa shape index (κ2) is 7.38. The van der Waals surface area contributed by atoms with Gasteiger partial charge in [-0.2, -0.15) is 5.26 Å². The largest absolute Gasteiger partial charge is 0.393 e. The maximum Gasteiger partial charge on any atom is 0.240 e. The van der Waals surface area contributed by atoms with Crippen LogP contribution in [0.4, 0.5) is 0 Å². The number of amides is 1. The maximum absolute atomic E-state index is 12.2. The van der Waals surface area contributed by atoms with E-state index in [9.17, 15) is 10.1 Å². The highest BCUT2D eigenvalue weighted by Gasteiger charge is 2.38. The number of nitriles is 1. The Morgan fingerprint density at radius 3 is 2.50 bits per heavy atom. The molecule has 4 nitrogen and oxygen atoms in total. The first-order chi connectivity index (χ1) is 8.60. The molecule has 0 aromatic carbocycles. The summed E-state index contributed by atoms with van der Waals surface area (Å²) in [7, 11) is 0. The van der Waals surface area contributed by atoms with E-state index in [4.69, 9.17) is 5.11 Å². The van der Waals surface area contributed by atoms with Crippen molar-refractivity contribution < 1.29 is 9.90 Å². The first-order valence-corrected chi connectivity index (χ1v) is 6.98. The number of nitrogens with zero attached hydrogens (tertiary/aromatic N) is 1. The molecule has 4 heteroatoms. The summed E-state index contributed by atoms with van der Waals surface area (Å²) in [6.07, 6.45) is 6.66. The van der Waals surface area contributed by atoms with Gasteiger partial charge in [0.15, 0.2) is 0 Å². The standard InChI is InChI=1S/C14H24N2O2/c1-12(17)7-6-10-16-13(18)14(11-15)8-4-2-3-5-9-14/h12,17H,2-10H2,1H3,(H,16,18). The number of hydrogen-bond donors (Lipinski definition) is 2. The van der Waals surface area contributed by atoms with Gasteiger partial charge in [0.1, 0.15) is 5.41 Å². The lowest BCUT2D eigenvalue weighted by molar-refractivity contribution is -0.128. The van der Waals surface area contributed by atoms with E-state index in [-0.39, 0.29) is 12.0 Å². The monoisotopic (exact) mass is 252 g/mol. The van der Waals surface area contributed by atoms with E-state index < -0.39 is 5.41 Å². The second-order valence-corrected chi connectivity index (χ2v) is 5.36. The number of aliphatic hydroxyl groups excluding tert-OH is 1. The third-order valence-electron chi connectivity index (χ3n) is 3.69. The highest BCUT2D eigenvalue weighted by atomic mass is 16.3. The van der Waals surface area contributed by atoms with E-state index in [1.54, 1.807) is 6.92 Å². The Balaban J connectivity index is 2.44. The predicted octanol–water partition coefficient (Wildman–Crippen LogP) is 2.13. The molecular formula is C14H24N2O2. The molecule has 1 saturated carbocycles. The van der Waals surface area contributed by atoms with Crippen LogP contribution in [-0.4, -0.2) is 23.7 Å². The molecule has 0 spiro atoms. The summed E-state index contributed by atoms with van der Waals surface area (Å²) in [6.45, 7) is 2.29. The van der Waals surface area contributed by atoms with Gasteiger partial charge < -0.3 is 10.4 Å². The number of carbonyl (C=O) groups excluding carboxylic acids is 1. The molecule has 0 aromatic heterocycles. The summed E-state index contributed by atoms with van der Waals surface area (Å²) in [5, 5.41) is 21.3. The van der Waals surface area contributed by atoms with Crippen LogP contribution in [0, 0.1) is 16.7 Å². The molecule has 0 bridgehead atoms. The molecule has 2 N–H and O–H groups in total. The van der Waals surface area contributed by atoms with Crippen molar-refractivity contribution in [3.8, 4) is 6.07 Å². The topological polar surface area (TPSA) is 73.1 Å². The highest BCUT2D eigenvalue weighted by molar-refractivity contribution is 5.85. The van der Waals surface area contributed by atoms with Crippen molar-refractivity contribution in [3.63, 3.8) is 0 Å². The molecule has 0 aromatic rings. The van der Waals surface area contributed by atoms with E-state index in [0.717, 1.165) is 32.1 Å². The van der Waals surface area contributed by atoms with Gasteiger partial charge in [-0.3, -0.25) is 4.79 Å². The Labute approximate surface area is 109 Å². The highest BCUT2D eigenvalue weighted by Crippen LogP contribution is 2.34. The minimum atomic E-state index is -0.804. The van der Waals surface area contributed by atoms with Crippen molar-refractivity contribution >= 4 is 5.91 Å². The molecule has 1 atom stereocenters. The van der Waals surface area contributed by atoms with Crippen LogP contribution in [0.3, 0.4) is 0 Å². The molecule has 1 amide bonds. The first-order valence-electron chi connectivity index (χ1n) is 6.98. The molecule has 1 fully saturated rings. The van der Waals surface area contributed by atoms with Gasteiger partial charge in [0.25, 0.3) is 0 Å². The van der Waals surface area contributed by atoms with Crippen LogP contribution in [0.2, 0.25) is 0 Å². The van der Waals surface area contributed by atoms with E-state index in [1.807, 2.05) is 0 Å². The summed E-state index contributed by atoms with van der Waals surface area (Å²) in [5.74, 6) is -0.113. The SMILES string of the molecule is CC(O)CCCNC(=O)C1(C#N)CCCCCC1. The van der Waals surface area contributed by atoms with Crippen LogP contribution in [0.1, 0.15) is 58.3 Å². The van der Waals surface area contributed by atoms with Crippen molar-refractivity contribution in [1.82, 2.24) is 5.32 Å². The molecule has 1 aliphatic rings. The van der Waals surface area contributed by atoms with E-state index >= 15 is 0 Å². The third kappa shape index (κ3) is 4.30. The average molecular weight is 252 g/mol. The lowest BCUT2D eigenvalue weighted by Gasteiger charge is -2.23. The van der Waals surface area contributed by atoms with E-state index in [0.29, 0.717) is 25.8 Å². The summed E-state index contributed by atoms with van der Waals surface area (Å²) < 4.78 is 0. The summed E-state index contributed by atoms with van der Waals surface area (Å²) in [4.78, 5) is 12.2. The van der Waals surface area contributed by atoms with Crippen molar-refractivity contribution in [2.24, 2.45) is 5.41 Å². The molecule has 0 aliphatic heterocycles. The lowest BCUT2D eigenvalue weighted by atomic mass is 9.81. The van der Waals surface area contributed by atoms with Gasteiger partial charge in [0, 0.05) is 6.54 Å². The molecule has 0 heterocycles. The average Bonchev–Trinajstić information content (AvgIpc) is 2.60. The number of nitrogens with one attached hydrogen (secondary N) is 1. The molecule has 1 aliphatic carbocycles. The van der Waals surface area contributed by atoms with Gasteiger partial charge in [-0.05, 0) is 32.6 Å². The fourth-order valence-electron chi connectivity index (χ4n) is 2.49. The van der Waals surface area contributed by atoms with Gasteiger partial charge in [0.05, 0.1) is 12.2 Å². The molecule has 18 heavy (non-hydrogen) atoms. The minimum absolute atomic E-state index is 0.113. The molecular weight excluding hydrogens is 228 g/mol. The zero-order valence-corrected chi connectivity index (χ0v) is 11.2. The normalized spacial score (nSPS) is 20.5. The lowest BCUT2D eigenvalue weighted by Crippen LogP contribution is -2.40. The first kappa shape index (κ1) is 15.0. The fraction of sp³-hybridized carbons (Fsp3) is 0.857. The van der Waals surface area contributed by atoms with Gasteiger partial charge in [0.2, 0.25) is 5.91 Å². The second-order valence-electron chi connectivity index (χ2n) is 5.36. The minimum Gasteiger partial charge on any atom is -0.393 e. The fourth-order valence-corrected chi connectivity index (χ4v) is 2.49. The summed E-state index contributed by atoms with van der Waals surface area (Å²) >= 11 is 0. The Bertz CT molecular complexity index is 299. The molecule has 1 rings (SSSR count). The maximum atomic E-state index is 12.2.